The molecule has 702 valence electrons. The summed E-state index contributed by atoms with van der Waals surface area (Å²) >= 11 is 29.6. The Labute approximate surface area is 776 Å². The van der Waals surface area contributed by atoms with Crippen molar-refractivity contribution >= 4 is 148 Å². The molecule has 0 unspecified atom stereocenters. The van der Waals surface area contributed by atoms with E-state index in [4.69, 9.17) is 67.1 Å². The number of imide groups is 2. The number of benzene rings is 8. The van der Waals surface area contributed by atoms with Crippen LogP contribution in [0.1, 0.15) is 242 Å². The number of phenols is 16. The first kappa shape index (κ1) is 102. The predicted octanol–water partition coefficient (Wildman–Crippen LogP) is 20.4. The second-order valence-electron chi connectivity index (χ2n) is 39.3. The molecule has 34 nitrogen and oxygen atoms in total. The molecule has 8 heterocycles. The van der Waals surface area contributed by atoms with Crippen LogP contribution in [0.3, 0.4) is 0 Å². The first-order valence-electron chi connectivity index (χ1n) is 40.3. The number of rotatable bonds is 0. The smallest absolute Gasteiger partial charge is 0.263 e. The molecule has 18 N–H and O–H groups in total. The molecule has 14 aromatic rings. The van der Waals surface area contributed by atoms with Crippen molar-refractivity contribution in [3.8, 4) is 92.0 Å². The lowest BCUT2D eigenvalue weighted by molar-refractivity contribution is 0.0489. The van der Waals surface area contributed by atoms with E-state index in [1.165, 1.54) is 48.5 Å². The normalized spacial score (nSPS) is 13.1. The lowest BCUT2D eigenvalue weighted by Gasteiger charge is -2.29. The van der Waals surface area contributed by atoms with Gasteiger partial charge >= 0.3 is 0 Å². The predicted molar refractivity (Wildman–Crippen MR) is 499 cm³/mol. The fraction of sp³-hybridized carbons (Fsp3) is 0.370. The molecule has 6 aromatic heterocycles. The summed E-state index contributed by atoms with van der Waals surface area (Å²) in [6, 6.07) is 14.8. The van der Waals surface area contributed by atoms with Crippen molar-refractivity contribution in [2.45, 2.75) is 210 Å². The van der Waals surface area contributed by atoms with E-state index in [0.717, 1.165) is 62.3 Å². The Morgan fingerprint density at radius 1 is 0.328 bits per heavy atom. The SMILES string of the molecule is CC(C)(C)N1C(=O)c2cc(O)c(O)c(Cl)c2C1=O.CC(C)(C)N1C(=O)c2cc(O)c(O)cc2C1=O.CC(C)(C)c1nc2c(Cl)c(O)c(O)cc2[nH]1.CC(C)(C)c1nc2cc(O)c(O)cc2[nH]1.CC(C)(C)c1noc2c(Cl)c(O)c(O)cc12.CC(C)(C)c1noc2cc(O)c(O)c(Cl)c12.Cn1c(C(C)(C)C)nc2cc(O)c(O)c(Cl)c21.Cn1c(C(C)(C)C)nc2cc(O)c(O)cc21. The first-order valence-corrected chi connectivity index (χ1v) is 42.2. The van der Waals surface area contributed by atoms with Gasteiger partial charge in [-0.25, -0.2) is 19.9 Å². The average molecular weight is 1910 g/mol. The largest absolute Gasteiger partial charge is 0.504 e. The topological polar surface area (TPSA) is 544 Å². The Kier molecular flexibility index (Phi) is 28.1. The van der Waals surface area contributed by atoms with Gasteiger partial charge in [0.2, 0.25) is 0 Å². The Bertz CT molecular complexity index is 6760. The van der Waals surface area contributed by atoms with E-state index in [9.17, 15) is 101 Å². The molecule has 0 radical (unpaired) electrons. The number of aromatic hydroxyl groups is 16. The number of amides is 4. The monoisotopic (exact) mass is 1910 g/mol. The van der Waals surface area contributed by atoms with Gasteiger partial charge in [-0.15, -0.1) is 0 Å². The van der Waals surface area contributed by atoms with Gasteiger partial charge in [-0.05, 0) is 65.8 Å². The summed E-state index contributed by atoms with van der Waals surface area (Å²) < 4.78 is 14.0. The fourth-order valence-electron chi connectivity index (χ4n) is 13.6. The summed E-state index contributed by atoms with van der Waals surface area (Å²) in [6.07, 6.45) is 0. The third-order valence-electron chi connectivity index (χ3n) is 20.2. The molecule has 131 heavy (non-hydrogen) atoms. The van der Waals surface area contributed by atoms with Crippen LogP contribution in [0.5, 0.6) is 92.0 Å². The molecule has 0 spiro atoms. The second-order valence-corrected chi connectivity index (χ2v) is 41.1. The van der Waals surface area contributed by atoms with Gasteiger partial charge in [0.15, 0.2) is 103 Å². The van der Waals surface area contributed by atoms with Crippen molar-refractivity contribution in [1.29, 1.82) is 0 Å². The number of hydrogen-bond donors (Lipinski definition) is 18. The third-order valence-corrected chi connectivity index (χ3v) is 22.0. The fourth-order valence-corrected chi connectivity index (χ4v) is 15.0. The van der Waals surface area contributed by atoms with Crippen LogP contribution >= 0.6 is 58.0 Å². The van der Waals surface area contributed by atoms with Crippen LogP contribution in [0.2, 0.25) is 25.1 Å². The Morgan fingerprint density at radius 3 is 1.21 bits per heavy atom. The summed E-state index contributed by atoms with van der Waals surface area (Å²) in [4.78, 5) is 74.3. The number of nitrogens with one attached hydrogen (secondary N) is 2. The molecule has 0 aliphatic carbocycles. The van der Waals surface area contributed by atoms with Crippen LogP contribution in [-0.4, -0.2) is 176 Å². The zero-order chi connectivity index (χ0) is 99.3. The van der Waals surface area contributed by atoms with Gasteiger partial charge in [0.1, 0.15) is 43.9 Å². The van der Waals surface area contributed by atoms with Gasteiger partial charge in [-0.3, -0.25) is 29.0 Å². The van der Waals surface area contributed by atoms with Gasteiger partial charge in [0.25, 0.3) is 23.6 Å². The van der Waals surface area contributed by atoms with Crippen molar-refractivity contribution in [3.63, 3.8) is 0 Å². The van der Waals surface area contributed by atoms with E-state index in [2.05, 4.69) is 61.0 Å². The summed E-state index contributed by atoms with van der Waals surface area (Å²) in [5, 5.41) is 160. The number of aryl methyl sites for hydroxylation is 2. The van der Waals surface area contributed by atoms with E-state index in [1.54, 1.807) is 41.5 Å². The highest BCUT2D eigenvalue weighted by atomic mass is 35.5. The van der Waals surface area contributed by atoms with Crippen LogP contribution in [0.25, 0.3) is 66.1 Å². The molecule has 2 aliphatic rings. The van der Waals surface area contributed by atoms with Crippen molar-refractivity contribution in [3.05, 3.63) is 149 Å². The van der Waals surface area contributed by atoms with Crippen molar-refractivity contribution in [2.24, 2.45) is 14.1 Å². The molecule has 0 saturated carbocycles. The van der Waals surface area contributed by atoms with E-state index in [0.29, 0.717) is 66.4 Å². The second kappa shape index (κ2) is 36.1. The van der Waals surface area contributed by atoms with Crippen molar-refractivity contribution < 1.29 is 110 Å². The van der Waals surface area contributed by atoms with E-state index in [1.807, 2.05) is 127 Å². The molecule has 0 fully saturated rings. The van der Waals surface area contributed by atoms with Crippen molar-refractivity contribution in [2.75, 3.05) is 0 Å². The summed E-state index contributed by atoms with van der Waals surface area (Å²) in [5.41, 5.74) is 5.16. The third kappa shape index (κ3) is 20.8. The number of imidazole rings is 4. The zero-order valence-electron chi connectivity index (χ0n) is 76.8. The standard InChI is InChI=1S/C12H15ClN2O2.C12H12ClNO4.C12H16N2O2.C12H13NO4.C11H13ClN2O2.2C11H12ClNO3.C11H14N2O2/c1-12(2,3)11-14-6-5-7(16)10(17)8(13)9(6)15(11)4;1-12(2,3)14-10(17)5-4-6(15)9(16)8(13)7(5)11(14)18;1-12(2,3)11-13-7-5-9(15)10(16)6-8(7)14(11)4;1-12(2,3)13-10(16)6-4-8(14)9(15)5-7(6)11(13)17;1-11(2,3)10-13-5-4-6(15)9(16)7(12)8(5)14-10;1-11(2,3)10-5-4-6(14)8(15)7(12)9(5)16-13-10;1-11(2,3)10-7-6(16-13-10)4-5(14)9(15)8(7)12;1-11(2,3)10-12-6-4-8(14)9(15)5-7(6)13-10/h5,16-17H,1-4H3;4,15-16H,1-3H3;5-6,15-16H,1-4H3;4-5,14-15H,1-3H3;4,15-16H,1-3H3,(H,13,14);2*4,14-15H,1-3H3;4-5,14-15H,1-3H3,(H,12,13). The summed E-state index contributed by atoms with van der Waals surface area (Å²) in [7, 11) is 3.75. The van der Waals surface area contributed by atoms with Crippen LogP contribution in [-0.2, 0) is 46.6 Å². The number of hydrogen-bond acceptors (Lipinski definition) is 28. The van der Waals surface area contributed by atoms with Crippen LogP contribution in [0.15, 0.2) is 75.8 Å². The van der Waals surface area contributed by atoms with E-state index in [-0.39, 0.29) is 149 Å². The maximum absolute atomic E-state index is 12.2. The molecule has 8 aromatic carbocycles. The molecule has 0 bridgehead atoms. The number of halogens is 5. The molecule has 0 atom stereocenters. The van der Waals surface area contributed by atoms with Gasteiger partial charge in [0, 0.05) is 100 Å². The number of carbonyl (C=O) groups is 4. The lowest BCUT2D eigenvalue weighted by atomic mass is 9.90. The van der Waals surface area contributed by atoms with E-state index >= 15 is 0 Å². The molecule has 0 saturated heterocycles. The minimum absolute atomic E-state index is 0.00947. The van der Waals surface area contributed by atoms with Crippen LogP contribution < -0.4 is 0 Å². The highest BCUT2D eigenvalue weighted by Crippen LogP contribution is 2.49. The number of aromatic amines is 2. The number of H-pyrrole nitrogens is 2. The highest BCUT2D eigenvalue weighted by Gasteiger charge is 2.46. The molecular weight excluding hydrogens is 1800 g/mol. The quantitative estimate of drug-likeness (QED) is 0.0495. The number of fused-ring (bicyclic) bond motifs is 8. The van der Waals surface area contributed by atoms with Crippen molar-refractivity contribution in [1.82, 2.24) is 59.2 Å². The molecule has 16 rings (SSSR count). The number of carbonyl (C=O) groups excluding carboxylic acids is 4. The molecule has 39 heteroatoms. The van der Waals surface area contributed by atoms with Crippen LogP contribution in [0.4, 0.5) is 0 Å². The summed E-state index contributed by atoms with van der Waals surface area (Å²) in [6.45, 7) is 46.7. The molecule has 4 amide bonds. The number of aromatic nitrogens is 10. The maximum Gasteiger partial charge on any atom is 0.263 e. The highest BCUT2D eigenvalue weighted by molar-refractivity contribution is 6.40. The minimum Gasteiger partial charge on any atom is -0.504 e. The first-order chi connectivity index (χ1) is 59.7. The van der Waals surface area contributed by atoms with Gasteiger partial charge in [0.05, 0.1) is 93.1 Å². The number of phenolic OH excluding ortho intramolecular Hbond substituents is 16. The Morgan fingerprint density at radius 2 is 0.702 bits per heavy atom. The lowest BCUT2D eigenvalue weighted by Crippen LogP contribution is -2.45. The maximum atomic E-state index is 12.2. The van der Waals surface area contributed by atoms with Crippen LogP contribution in [0, 0.1) is 0 Å². The Balaban J connectivity index is 0.000000169. The van der Waals surface area contributed by atoms with E-state index < -0.39 is 57.7 Å². The zero-order valence-corrected chi connectivity index (χ0v) is 80.6. The molecular formula is C92H107Cl5N12O22. The Hall–Kier alpha value is -12.9. The minimum atomic E-state index is -0.707. The average Bonchev–Trinajstić information content (AvgIpc) is 1.59. The van der Waals surface area contributed by atoms with Gasteiger partial charge in [-0.1, -0.05) is 193 Å². The van der Waals surface area contributed by atoms with Gasteiger partial charge in [-0.2, -0.15) is 0 Å². The summed E-state index contributed by atoms with van der Waals surface area (Å²) in [5.74, 6) is -3.51. The van der Waals surface area contributed by atoms with Gasteiger partial charge < -0.3 is 110 Å². The molecule has 2 aliphatic heterocycles. The number of nitrogens with zero attached hydrogens (tertiary/aromatic N) is 10.